The molecule has 0 aliphatic carbocycles. The largest absolute Gasteiger partial charge is 0.395 e. The number of hydrogen-bond donors (Lipinski definition) is 1. The van der Waals surface area contributed by atoms with Gasteiger partial charge in [-0.1, -0.05) is 23.8 Å². The molecule has 4 nitrogen and oxygen atoms in total. The van der Waals surface area contributed by atoms with Gasteiger partial charge in [-0.2, -0.15) is 4.31 Å². The van der Waals surface area contributed by atoms with Gasteiger partial charge in [-0.15, -0.1) is 6.58 Å². The first-order chi connectivity index (χ1) is 8.02. The fourth-order valence-electron chi connectivity index (χ4n) is 1.42. The highest BCUT2D eigenvalue weighted by atomic mass is 32.2. The molecule has 0 saturated carbocycles. The standard InChI is InChI=1S/C12H17NO3S/c1-3-8-13(9-10-14)17(15,16)12-6-4-11(2)5-7-12/h3-7,14H,1,8-10H2,2H3. The summed E-state index contributed by atoms with van der Waals surface area (Å²) < 4.78 is 25.6. The van der Waals surface area contributed by atoms with Crippen LogP contribution in [0.15, 0.2) is 41.8 Å². The third-order valence-corrected chi connectivity index (χ3v) is 4.22. The lowest BCUT2D eigenvalue weighted by atomic mass is 10.2. The van der Waals surface area contributed by atoms with Crippen molar-refractivity contribution in [3.05, 3.63) is 42.5 Å². The van der Waals surface area contributed by atoms with Crippen molar-refractivity contribution >= 4 is 10.0 Å². The number of aryl methyl sites for hydroxylation is 1. The Labute approximate surface area is 102 Å². The number of nitrogens with zero attached hydrogens (tertiary/aromatic N) is 1. The number of benzene rings is 1. The van der Waals surface area contributed by atoms with Crippen molar-refractivity contribution in [2.75, 3.05) is 19.7 Å². The highest BCUT2D eigenvalue weighted by molar-refractivity contribution is 7.89. The Balaban J connectivity index is 3.06. The molecule has 0 radical (unpaired) electrons. The number of aliphatic hydroxyl groups is 1. The average Bonchev–Trinajstić information content (AvgIpc) is 2.29. The van der Waals surface area contributed by atoms with Crippen molar-refractivity contribution in [1.29, 1.82) is 0 Å². The second-order valence-corrected chi connectivity index (χ2v) is 5.63. The fraction of sp³-hybridized carbons (Fsp3) is 0.333. The van der Waals surface area contributed by atoms with Gasteiger partial charge >= 0.3 is 0 Å². The van der Waals surface area contributed by atoms with Crippen LogP contribution in [0.1, 0.15) is 5.56 Å². The molecule has 0 aromatic heterocycles. The Kier molecular flexibility index (Phi) is 4.86. The summed E-state index contributed by atoms with van der Waals surface area (Å²) in [6.07, 6.45) is 1.50. The van der Waals surface area contributed by atoms with Crippen molar-refractivity contribution in [2.45, 2.75) is 11.8 Å². The van der Waals surface area contributed by atoms with Gasteiger partial charge in [0, 0.05) is 13.1 Å². The maximum Gasteiger partial charge on any atom is 0.243 e. The first kappa shape index (κ1) is 13.9. The summed E-state index contributed by atoms with van der Waals surface area (Å²) in [5, 5.41) is 8.88. The second-order valence-electron chi connectivity index (χ2n) is 3.69. The van der Waals surface area contributed by atoms with E-state index in [4.69, 9.17) is 5.11 Å². The van der Waals surface area contributed by atoms with Crippen molar-refractivity contribution in [3.63, 3.8) is 0 Å². The molecule has 0 aliphatic heterocycles. The molecular weight excluding hydrogens is 238 g/mol. The first-order valence-corrected chi connectivity index (χ1v) is 6.75. The Morgan fingerprint density at radius 3 is 2.41 bits per heavy atom. The summed E-state index contributed by atoms with van der Waals surface area (Å²) in [5.41, 5.74) is 1.00. The Hall–Kier alpha value is -1.17. The van der Waals surface area contributed by atoms with E-state index in [0.29, 0.717) is 0 Å². The van der Waals surface area contributed by atoms with Crippen LogP contribution >= 0.6 is 0 Å². The lowest BCUT2D eigenvalue weighted by molar-refractivity contribution is 0.260. The minimum absolute atomic E-state index is 0.0717. The Morgan fingerprint density at radius 2 is 1.94 bits per heavy atom. The molecule has 0 atom stereocenters. The molecule has 5 heteroatoms. The SMILES string of the molecule is C=CCN(CCO)S(=O)(=O)c1ccc(C)cc1. The highest BCUT2D eigenvalue weighted by Gasteiger charge is 2.22. The van der Waals surface area contributed by atoms with Gasteiger partial charge in [-0.3, -0.25) is 0 Å². The molecule has 1 rings (SSSR count). The Morgan fingerprint density at radius 1 is 1.35 bits per heavy atom. The van der Waals surface area contributed by atoms with Gasteiger partial charge in [-0.05, 0) is 19.1 Å². The minimum Gasteiger partial charge on any atom is -0.395 e. The molecule has 0 saturated heterocycles. The molecular formula is C12H17NO3S. The van der Waals surface area contributed by atoms with Crippen LogP contribution < -0.4 is 0 Å². The van der Waals surface area contributed by atoms with Gasteiger partial charge in [0.05, 0.1) is 11.5 Å². The molecule has 0 spiro atoms. The van der Waals surface area contributed by atoms with Gasteiger partial charge in [0.1, 0.15) is 0 Å². The molecule has 1 aromatic rings. The Bertz CT molecular complexity index is 465. The molecule has 0 fully saturated rings. The van der Waals surface area contributed by atoms with Crippen molar-refractivity contribution in [1.82, 2.24) is 4.31 Å². The molecule has 0 amide bonds. The molecule has 1 N–H and O–H groups in total. The van der Waals surface area contributed by atoms with Crippen molar-refractivity contribution < 1.29 is 13.5 Å². The van der Waals surface area contributed by atoms with E-state index in [-0.39, 0.29) is 24.6 Å². The van der Waals surface area contributed by atoms with Crippen molar-refractivity contribution in [2.24, 2.45) is 0 Å². The minimum atomic E-state index is -3.54. The van der Waals surface area contributed by atoms with Crippen LogP contribution in [0, 0.1) is 6.92 Å². The molecule has 1 aromatic carbocycles. The zero-order chi connectivity index (χ0) is 12.9. The van der Waals surface area contributed by atoms with E-state index in [0.717, 1.165) is 5.56 Å². The molecule has 0 bridgehead atoms. The monoisotopic (exact) mass is 255 g/mol. The summed E-state index contributed by atoms with van der Waals surface area (Å²) in [6, 6.07) is 6.63. The number of sulfonamides is 1. The zero-order valence-corrected chi connectivity index (χ0v) is 10.7. The maximum atomic E-state index is 12.2. The quantitative estimate of drug-likeness (QED) is 0.776. The van der Waals surface area contributed by atoms with Gasteiger partial charge in [0.15, 0.2) is 0 Å². The lowest BCUT2D eigenvalue weighted by Crippen LogP contribution is -2.33. The molecule has 0 heterocycles. The predicted molar refractivity (Wildman–Crippen MR) is 67.2 cm³/mol. The van der Waals surface area contributed by atoms with E-state index in [1.165, 1.54) is 10.4 Å². The van der Waals surface area contributed by atoms with Gasteiger partial charge < -0.3 is 5.11 Å². The smallest absolute Gasteiger partial charge is 0.243 e. The van der Waals surface area contributed by atoms with E-state index in [2.05, 4.69) is 6.58 Å². The van der Waals surface area contributed by atoms with Crippen LogP contribution in [0.25, 0.3) is 0 Å². The first-order valence-electron chi connectivity index (χ1n) is 5.31. The van der Waals surface area contributed by atoms with E-state index in [9.17, 15) is 8.42 Å². The van der Waals surface area contributed by atoms with Gasteiger partial charge in [0.2, 0.25) is 10.0 Å². The van der Waals surface area contributed by atoms with E-state index < -0.39 is 10.0 Å². The molecule has 94 valence electrons. The number of aliphatic hydroxyl groups excluding tert-OH is 1. The number of rotatable bonds is 6. The highest BCUT2D eigenvalue weighted by Crippen LogP contribution is 2.15. The topological polar surface area (TPSA) is 57.6 Å². The van der Waals surface area contributed by atoms with E-state index in [1.54, 1.807) is 24.3 Å². The van der Waals surface area contributed by atoms with Gasteiger partial charge in [0.25, 0.3) is 0 Å². The third-order valence-electron chi connectivity index (χ3n) is 2.34. The van der Waals surface area contributed by atoms with E-state index >= 15 is 0 Å². The van der Waals surface area contributed by atoms with Crippen LogP contribution in [0.5, 0.6) is 0 Å². The van der Waals surface area contributed by atoms with Crippen LogP contribution in [0.2, 0.25) is 0 Å². The molecule has 0 aliphatic rings. The van der Waals surface area contributed by atoms with Crippen molar-refractivity contribution in [3.8, 4) is 0 Å². The van der Waals surface area contributed by atoms with E-state index in [1.807, 2.05) is 6.92 Å². The van der Waals surface area contributed by atoms with Crippen LogP contribution in [-0.2, 0) is 10.0 Å². The van der Waals surface area contributed by atoms with Crippen LogP contribution in [0.3, 0.4) is 0 Å². The maximum absolute atomic E-state index is 12.2. The summed E-state index contributed by atoms with van der Waals surface area (Å²) >= 11 is 0. The number of hydrogen-bond acceptors (Lipinski definition) is 3. The van der Waals surface area contributed by atoms with Crippen LogP contribution in [0.4, 0.5) is 0 Å². The van der Waals surface area contributed by atoms with Crippen LogP contribution in [-0.4, -0.2) is 37.5 Å². The summed E-state index contributed by atoms with van der Waals surface area (Å²) in [7, 11) is -3.54. The third kappa shape index (κ3) is 3.39. The lowest BCUT2D eigenvalue weighted by Gasteiger charge is -2.19. The predicted octanol–water partition coefficient (Wildman–Crippen LogP) is 1.16. The zero-order valence-electron chi connectivity index (χ0n) is 9.83. The second kappa shape index (κ2) is 5.95. The summed E-state index contributed by atoms with van der Waals surface area (Å²) in [5.74, 6) is 0. The summed E-state index contributed by atoms with van der Waals surface area (Å²) in [6.45, 7) is 5.46. The summed E-state index contributed by atoms with van der Waals surface area (Å²) in [4.78, 5) is 0.235. The average molecular weight is 255 g/mol. The van der Waals surface area contributed by atoms with Gasteiger partial charge in [-0.25, -0.2) is 8.42 Å². The molecule has 17 heavy (non-hydrogen) atoms. The molecule has 0 unspecified atom stereocenters. The fourth-order valence-corrected chi connectivity index (χ4v) is 2.83. The normalized spacial score (nSPS) is 11.7.